The summed E-state index contributed by atoms with van der Waals surface area (Å²) in [4.78, 5) is 39.6. The van der Waals surface area contributed by atoms with Crippen molar-refractivity contribution in [3.8, 4) is 11.5 Å². The number of ketones is 2. The van der Waals surface area contributed by atoms with Crippen LogP contribution >= 0.6 is 11.6 Å². The summed E-state index contributed by atoms with van der Waals surface area (Å²) in [6.45, 7) is 2.89. The third-order valence-corrected chi connectivity index (χ3v) is 6.56. The molecule has 1 saturated heterocycles. The number of amides is 1. The maximum atomic E-state index is 12.8. The molecule has 0 aromatic heterocycles. The SMILES string of the molecule is COc1ccc(C(=O)CCC(=O)N2CCC3(CC2)CC(=O)c2cc(Cl)cc(C)c2O3)cc1. The number of carbonyl (C=O) groups excluding carboxylic acids is 3. The predicted molar refractivity (Wildman–Crippen MR) is 121 cm³/mol. The van der Waals surface area contributed by atoms with Crippen molar-refractivity contribution < 1.29 is 23.9 Å². The molecular weight excluding hydrogens is 430 g/mol. The van der Waals surface area contributed by atoms with Gasteiger partial charge in [-0.15, -0.1) is 0 Å². The normalized spacial score (nSPS) is 17.0. The zero-order valence-electron chi connectivity index (χ0n) is 18.3. The molecule has 0 atom stereocenters. The summed E-state index contributed by atoms with van der Waals surface area (Å²) < 4.78 is 11.4. The Morgan fingerprint density at radius 2 is 1.81 bits per heavy atom. The molecular formula is C25H26ClNO5. The van der Waals surface area contributed by atoms with E-state index in [9.17, 15) is 14.4 Å². The van der Waals surface area contributed by atoms with Crippen molar-refractivity contribution in [3.05, 3.63) is 58.1 Å². The second-order valence-corrected chi connectivity index (χ2v) is 8.95. The molecule has 4 rings (SSSR count). The average molecular weight is 456 g/mol. The maximum Gasteiger partial charge on any atom is 0.223 e. The largest absolute Gasteiger partial charge is 0.497 e. The Hall–Kier alpha value is -2.86. The van der Waals surface area contributed by atoms with Crippen LogP contribution in [0.15, 0.2) is 36.4 Å². The fourth-order valence-corrected chi connectivity index (χ4v) is 4.73. The lowest BCUT2D eigenvalue weighted by Gasteiger charge is -2.44. The molecule has 2 heterocycles. The number of methoxy groups -OCH3 is 1. The van der Waals surface area contributed by atoms with Crippen molar-refractivity contribution in [2.75, 3.05) is 20.2 Å². The van der Waals surface area contributed by atoms with E-state index >= 15 is 0 Å². The first-order valence-corrected chi connectivity index (χ1v) is 11.2. The van der Waals surface area contributed by atoms with Gasteiger partial charge < -0.3 is 14.4 Å². The Labute approximate surface area is 192 Å². The van der Waals surface area contributed by atoms with Gasteiger partial charge in [0, 0.05) is 49.4 Å². The van der Waals surface area contributed by atoms with Crippen LogP contribution in [0, 0.1) is 6.92 Å². The first-order valence-electron chi connectivity index (χ1n) is 10.8. The number of carbonyl (C=O) groups is 3. The molecule has 2 aliphatic rings. The van der Waals surface area contributed by atoms with Gasteiger partial charge in [-0.1, -0.05) is 11.6 Å². The lowest BCUT2D eigenvalue weighted by atomic mass is 9.82. The Morgan fingerprint density at radius 1 is 1.12 bits per heavy atom. The van der Waals surface area contributed by atoms with Crippen LogP contribution in [0.3, 0.4) is 0 Å². The molecule has 0 aliphatic carbocycles. The monoisotopic (exact) mass is 455 g/mol. The highest BCUT2D eigenvalue weighted by molar-refractivity contribution is 6.31. The van der Waals surface area contributed by atoms with Gasteiger partial charge in [-0.2, -0.15) is 0 Å². The summed E-state index contributed by atoms with van der Waals surface area (Å²) in [7, 11) is 1.57. The maximum absolute atomic E-state index is 12.8. The van der Waals surface area contributed by atoms with Crippen LogP contribution < -0.4 is 9.47 Å². The number of ether oxygens (including phenoxy) is 2. The molecule has 2 aliphatic heterocycles. The van der Waals surface area contributed by atoms with Crippen LogP contribution in [-0.2, 0) is 4.79 Å². The summed E-state index contributed by atoms with van der Waals surface area (Å²) in [5.74, 6) is 1.20. The second-order valence-electron chi connectivity index (χ2n) is 8.52. The van der Waals surface area contributed by atoms with Crippen molar-refractivity contribution in [1.29, 1.82) is 0 Å². The molecule has 2 aromatic rings. The molecule has 1 amide bonds. The molecule has 0 radical (unpaired) electrons. The van der Waals surface area contributed by atoms with Crippen LogP contribution in [0.25, 0.3) is 0 Å². The van der Waals surface area contributed by atoms with Gasteiger partial charge in [-0.25, -0.2) is 0 Å². The number of fused-ring (bicyclic) bond motifs is 1. The highest BCUT2D eigenvalue weighted by Crippen LogP contribution is 2.42. The lowest BCUT2D eigenvalue weighted by molar-refractivity contribution is -0.134. The number of benzene rings is 2. The van der Waals surface area contributed by atoms with E-state index in [1.165, 1.54) is 0 Å². The number of aryl methyl sites for hydroxylation is 1. The Morgan fingerprint density at radius 3 is 2.47 bits per heavy atom. The first-order chi connectivity index (χ1) is 15.3. The molecule has 168 valence electrons. The molecule has 0 saturated carbocycles. The van der Waals surface area contributed by atoms with Crippen LogP contribution in [-0.4, -0.2) is 48.2 Å². The van der Waals surface area contributed by atoms with Gasteiger partial charge in [0.2, 0.25) is 5.91 Å². The highest BCUT2D eigenvalue weighted by atomic mass is 35.5. The van der Waals surface area contributed by atoms with Crippen LogP contribution in [0.1, 0.15) is 58.4 Å². The van der Waals surface area contributed by atoms with Crippen molar-refractivity contribution in [3.63, 3.8) is 0 Å². The van der Waals surface area contributed by atoms with Crippen LogP contribution in [0.2, 0.25) is 5.02 Å². The van der Waals surface area contributed by atoms with Crippen LogP contribution in [0.5, 0.6) is 11.5 Å². The topological polar surface area (TPSA) is 72.9 Å². The standard InChI is InChI=1S/C25H26ClNO5/c1-16-13-18(26)14-20-22(29)15-25(32-24(16)20)9-11-27(12-10-25)23(30)8-7-21(28)17-3-5-19(31-2)6-4-17/h3-6,13-14H,7-12,15H2,1-2H3. The number of rotatable bonds is 5. The molecule has 6 nitrogen and oxygen atoms in total. The molecule has 1 fully saturated rings. The molecule has 0 unspecified atom stereocenters. The lowest BCUT2D eigenvalue weighted by Crippen LogP contribution is -2.52. The van der Waals surface area contributed by atoms with E-state index in [4.69, 9.17) is 21.1 Å². The minimum Gasteiger partial charge on any atom is -0.497 e. The van der Waals surface area contributed by atoms with Crippen molar-refractivity contribution in [2.24, 2.45) is 0 Å². The van der Waals surface area contributed by atoms with Gasteiger partial charge in [0.25, 0.3) is 0 Å². The van der Waals surface area contributed by atoms with Gasteiger partial charge in [-0.3, -0.25) is 14.4 Å². The summed E-state index contributed by atoms with van der Waals surface area (Å²) in [6, 6.07) is 10.3. The van der Waals surface area contributed by atoms with Crippen molar-refractivity contribution >= 4 is 29.1 Å². The number of halogens is 1. The van der Waals surface area contributed by atoms with E-state index in [1.54, 1.807) is 48.4 Å². The van der Waals surface area contributed by atoms with Gasteiger partial charge in [-0.05, 0) is 48.9 Å². The van der Waals surface area contributed by atoms with E-state index in [0.717, 1.165) is 5.56 Å². The summed E-state index contributed by atoms with van der Waals surface area (Å²) in [5, 5.41) is 0.527. The quantitative estimate of drug-likeness (QED) is 0.614. The third kappa shape index (κ3) is 4.51. The fraction of sp³-hybridized carbons (Fsp3) is 0.400. The summed E-state index contributed by atoms with van der Waals surface area (Å²) in [5.41, 5.74) is 1.37. The minimum absolute atomic E-state index is 0.0294. The number of hydrogen-bond acceptors (Lipinski definition) is 5. The summed E-state index contributed by atoms with van der Waals surface area (Å²) in [6.07, 6.45) is 1.78. The molecule has 0 bridgehead atoms. The van der Waals surface area contributed by atoms with E-state index in [-0.39, 0.29) is 36.7 Å². The predicted octanol–water partition coefficient (Wildman–Crippen LogP) is 4.65. The number of hydrogen-bond donors (Lipinski definition) is 0. The second kappa shape index (κ2) is 8.94. The Kier molecular flexibility index (Phi) is 6.24. The highest BCUT2D eigenvalue weighted by Gasteiger charge is 2.44. The van der Waals surface area contributed by atoms with Gasteiger partial charge in [0.05, 0.1) is 19.1 Å². The molecule has 0 N–H and O–H groups in total. The number of piperidine rings is 1. The van der Waals surface area contributed by atoms with Crippen molar-refractivity contribution in [2.45, 2.75) is 44.6 Å². The fourth-order valence-electron chi connectivity index (χ4n) is 4.46. The smallest absolute Gasteiger partial charge is 0.223 e. The zero-order chi connectivity index (χ0) is 22.9. The number of nitrogens with zero attached hydrogens (tertiary/aromatic N) is 1. The minimum atomic E-state index is -0.585. The molecule has 32 heavy (non-hydrogen) atoms. The van der Waals surface area contributed by atoms with Gasteiger partial charge >= 0.3 is 0 Å². The number of likely N-dealkylation sites (tertiary alicyclic amines) is 1. The zero-order valence-corrected chi connectivity index (χ0v) is 19.0. The van der Waals surface area contributed by atoms with Gasteiger partial charge in [0.1, 0.15) is 17.1 Å². The average Bonchev–Trinajstić information content (AvgIpc) is 2.79. The third-order valence-electron chi connectivity index (χ3n) is 6.35. The Balaban J connectivity index is 1.33. The Bertz CT molecular complexity index is 1050. The van der Waals surface area contributed by atoms with E-state index in [0.29, 0.717) is 53.6 Å². The first kappa shape index (κ1) is 22.3. The van der Waals surface area contributed by atoms with Gasteiger partial charge in [0.15, 0.2) is 11.6 Å². The molecule has 7 heteroatoms. The van der Waals surface area contributed by atoms with E-state index in [1.807, 2.05) is 6.92 Å². The number of Topliss-reactive ketones (excluding diaryl/α,β-unsaturated/α-hetero) is 2. The van der Waals surface area contributed by atoms with E-state index in [2.05, 4.69) is 0 Å². The molecule has 2 aromatic carbocycles. The van der Waals surface area contributed by atoms with E-state index < -0.39 is 5.60 Å². The summed E-state index contributed by atoms with van der Waals surface area (Å²) >= 11 is 6.10. The molecule has 1 spiro atoms. The van der Waals surface area contributed by atoms with Crippen LogP contribution in [0.4, 0.5) is 0 Å². The van der Waals surface area contributed by atoms with Crippen molar-refractivity contribution in [1.82, 2.24) is 4.90 Å².